The number of hydrogen-bond acceptors (Lipinski definition) is 2. The summed E-state index contributed by atoms with van der Waals surface area (Å²) >= 11 is 0. The van der Waals surface area contributed by atoms with Gasteiger partial charge in [0.15, 0.2) is 0 Å². The molecule has 2 aliphatic carbocycles. The van der Waals surface area contributed by atoms with E-state index >= 15 is 0 Å². The number of methoxy groups -OCH3 is 2. The summed E-state index contributed by atoms with van der Waals surface area (Å²) in [4.78, 5) is 0. The van der Waals surface area contributed by atoms with Gasteiger partial charge in [0.05, 0.1) is 0 Å². The molecule has 0 aliphatic heterocycles. The van der Waals surface area contributed by atoms with Gasteiger partial charge in [-0.2, -0.15) is 0 Å². The van der Waals surface area contributed by atoms with E-state index in [0.29, 0.717) is 0 Å². The number of fused-ring (bicyclic) bond motifs is 2. The van der Waals surface area contributed by atoms with Crippen LogP contribution in [0.2, 0.25) is 0 Å². The van der Waals surface area contributed by atoms with E-state index in [2.05, 4.69) is 29.8 Å². The predicted molar refractivity (Wildman–Crippen MR) is 71.8 cm³/mol. The van der Waals surface area contributed by atoms with Gasteiger partial charge in [0.1, 0.15) is 11.7 Å². The van der Waals surface area contributed by atoms with E-state index in [9.17, 15) is 0 Å². The maximum Gasteiger partial charge on any atom is 0.139 e. The van der Waals surface area contributed by atoms with Gasteiger partial charge in [0, 0.05) is 20.6 Å². The molecule has 2 rings (SSSR count). The lowest BCUT2D eigenvalue weighted by Crippen LogP contribution is -2.28. The summed E-state index contributed by atoms with van der Waals surface area (Å²) in [5.41, 5.74) is 0.898. The fourth-order valence-electron chi connectivity index (χ4n) is 2.35. The standard InChI is InChI=1S/C16H18O2/c1-17-15-9-5-3-4-6-11-16(18-2)12-7-8-14(15)10-13-16/h3-4,10,15H,7-8,12-13H2,1-2H3/b4-3-/t15-,16+/m1/s1. The van der Waals surface area contributed by atoms with Gasteiger partial charge >= 0.3 is 0 Å². The van der Waals surface area contributed by atoms with Crippen molar-refractivity contribution in [2.24, 2.45) is 0 Å². The second-order valence-electron chi connectivity index (χ2n) is 4.54. The van der Waals surface area contributed by atoms with Crippen LogP contribution in [0.1, 0.15) is 25.7 Å². The molecule has 0 heterocycles. The molecule has 0 spiro atoms. The number of rotatable bonds is 2. The molecular weight excluding hydrogens is 224 g/mol. The number of allylic oxidation sites excluding steroid dienone is 2. The quantitative estimate of drug-likeness (QED) is 0.547. The molecule has 0 amide bonds. The molecule has 2 heteroatoms. The molecule has 0 radical (unpaired) electrons. The van der Waals surface area contributed by atoms with Crippen LogP contribution in [0.5, 0.6) is 0 Å². The minimum atomic E-state index is -0.352. The Bertz CT molecular complexity index is 479. The molecular formula is C16H18O2. The summed E-state index contributed by atoms with van der Waals surface area (Å²) in [5, 5.41) is 0. The molecule has 0 aromatic carbocycles. The van der Waals surface area contributed by atoms with Crippen molar-refractivity contribution >= 4 is 0 Å². The van der Waals surface area contributed by atoms with Gasteiger partial charge < -0.3 is 9.47 Å². The SMILES string of the molecule is CO[C@@H]1C#C/C=C\C#C[C@@]2(OC)CC=C1CCC2. The van der Waals surface area contributed by atoms with Crippen molar-refractivity contribution in [2.45, 2.75) is 37.4 Å². The van der Waals surface area contributed by atoms with Crippen molar-refractivity contribution in [1.29, 1.82) is 0 Å². The van der Waals surface area contributed by atoms with Crippen molar-refractivity contribution in [1.82, 2.24) is 0 Å². The van der Waals surface area contributed by atoms with Gasteiger partial charge in [-0.25, -0.2) is 0 Å². The van der Waals surface area contributed by atoms with Crippen LogP contribution in [0.3, 0.4) is 0 Å². The van der Waals surface area contributed by atoms with Crippen molar-refractivity contribution in [2.75, 3.05) is 14.2 Å². The van der Waals surface area contributed by atoms with Crippen LogP contribution in [0, 0.1) is 23.7 Å². The van der Waals surface area contributed by atoms with E-state index in [4.69, 9.17) is 9.47 Å². The third kappa shape index (κ3) is 2.85. The maximum atomic E-state index is 5.65. The van der Waals surface area contributed by atoms with Crippen LogP contribution in [-0.2, 0) is 9.47 Å². The van der Waals surface area contributed by atoms with E-state index in [0.717, 1.165) is 25.7 Å². The van der Waals surface area contributed by atoms with Gasteiger partial charge in [-0.1, -0.05) is 29.8 Å². The highest BCUT2D eigenvalue weighted by molar-refractivity contribution is 5.34. The summed E-state index contributed by atoms with van der Waals surface area (Å²) in [6.07, 6.45) is 9.45. The number of hydrogen-bond donors (Lipinski definition) is 0. The Hall–Kier alpha value is -1.48. The van der Waals surface area contributed by atoms with Gasteiger partial charge in [0.2, 0.25) is 0 Å². The average Bonchev–Trinajstić information content (AvgIpc) is 2.62. The predicted octanol–water partition coefficient (Wildman–Crippen LogP) is 2.46. The molecule has 0 saturated carbocycles. The highest BCUT2D eigenvalue weighted by Crippen LogP contribution is 2.30. The molecule has 2 atom stereocenters. The van der Waals surface area contributed by atoms with E-state index < -0.39 is 0 Å². The molecule has 0 fully saturated rings. The second-order valence-corrected chi connectivity index (χ2v) is 4.54. The maximum absolute atomic E-state index is 5.65. The van der Waals surface area contributed by atoms with E-state index in [1.807, 2.05) is 0 Å². The lowest BCUT2D eigenvalue weighted by molar-refractivity contribution is 0.0362. The van der Waals surface area contributed by atoms with E-state index in [-0.39, 0.29) is 11.7 Å². The Morgan fingerprint density at radius 3 is 2.89 bits per heavy atom. The minimum absolute atomic E-state index is 0.111. The van der Waals surface area contributed by atoms with Crippen molar-refractivity contribution in [3.8, 4) is 23.7 Å². The normalized spacial score (nSPS) is 31.9. The monoisotopic (exact) mass is 242 g/mol. The second kappa shape index (κ2) is 5.91. The summed E-state index contributed by atoms with van der Waals surface area (Å²) in [5.74, 6) is 12.4. The fraction of sp³-hybridized carbons (Fsp3) is 0.500. The first-order valence-electron chi connectivity index (χ1n) is 6.25. The highest BCUT2D eigenvalue weighted by atomic mass is 16.5. The van der Waals surface area contributed by atoms with Crippen LogP contribution in [-0.4, -0.2) is 25.9 Å². The third-order valence-electron chi connectivity index (χ3n) is 3.47. The van der Waals surface area contributed by atoms with E-state index in [1.54, 1.807) is 26.4 Å². The molecule has 0 aromatic heterocycles. The molecule has 0 aromatic rings. The lowest BCUT2D eigenvalue weighted by atomic mass is 9.95. The zero-order valence-corrected chi connectivity index (χ0v) is 11.0. The molecule has 0 N–H and O–H groups in total. The summed E-state index contributed by atoms with van der Waals surface area (Å²) in [6.45, 7) is 0. The van der Waals surface area contributed by atoms with E-state index in [1.165, 1.54) is 5.57 Å². The van der Waals surface area contributed by atoms with Crippen molar-refractivity contribution < 1.29 is 9.47 Å². The Morgan fingerprint density at radius 1 is 1.28 bits per heavy atom. The zero-order chi connectivity index (χ0) is 12.8. The van der Waals surface area contributed by atoms with Crippen LogP contribution in [0.25, 0.3) is 0 Å². The molecule has 0 saturated heterocycles. The molecule has 18 heavy (non-hydrogen) atoms. The van der Waals surface area contributed by atoms with Crippen LogP contribution < -0.4 is 0 Å². The lowest BCUT2D eigenvalue weighted by Gasteiger charge is -2.24. The summed E-state index contributed by atoms with van der Waals surface area (Å²) in [7, 11) is 3.44. The first kappa shape index (κ1) is 13.0. The molecule has 94 valence electrons. The van der Waals surface area contributed by atoms with Gasteiger partial charge in [-0.15, -0.1) is 0 Å². The van der Waals surface area contributed by atoms with Crippen LogP contribution in [0.15, 0.2) is 23.8 Å². The first-order valence-corrected chi connectivity index (χ1v) is 6.25. The first-order chi connectivity index (χ1) is 8.79. The summed E-state index contributed by atoms with van der Waals surface area (Å²) < 4.78 is 11.1. The Kier molecular flexibility index (Phi) is 4.26. The van der Waals surface area contributed by atoms with Crippen molar-refractivity contribution in [3.63, 3.8) is 0 Å². The Balaban J connectivity index is 2.40. The third-order valence-corrected chi connectivity index (χ3v) is 3.47. The van der Waals surface area contributed by atoms with Crippen molar-refractivity contribution in [3.05, 3.63) is 23.8 Å². The van der Waals surface area contributed by atoms with Gasteiger partial charge in [0.25, 0.3) is 0 Å². The smallest absolute Gasteiger partial charge is 0.139 e. The van der Waals surface area contributed by atoms with Crippen LogP contribution >= 0.6 is 0 Å². The van der Waals surface area contributed by atoms with Crippen LogP contribution in [0.4, 0.5) is 0 Å². The fourth-order valence-corrected chi connectivity index (χ4v) is 2.35. The van der Waals surface area contributed by atoms with Gasteiger partial charge in [-0.05, 0) is 37.0 Å². The topological polar surface area (TPSA) is 18.5 Å². The Labute approximate surface area is 109 Å². The zero-order valence-electron chi connectivity index (χ0n) is 11.0. The Morgan fingerprint density at radius 2 is 2.11 bits per heavy atom. The molecule has 2 bridgehead atoms. The molecule has 0 unspecified atom stereocenters. The summed E-state index contributed by atoms with van der Waals surface area (Å²) in [6, 6.07) is 0. The minimum Gasteiger partial charge on any atom is -0.365 e. The largest absolute Gasteiger partial charge is 0.365 e. The average molecular weight is 242 g/mol. The number of ether oxygens (including phenoxy) is 2. The molecule has 2 nitrogen and oxygen atoms in total. The highest BCUT2D eigenvalue weighted by Gasteiger charge is 2.29. The molecule has 2 aliphatic rings. The van der Waals surface area contributed by atoms with Gasteiger partial charge in [-0.3, -0.25) is 0 Å².